The van der Waals surface area contributed by atoms with Gasteiger partial charge in [0.15, 0.2) is 0 Å². The molecule has 0 amide bonds. The van der Waals surface area contributed by atoms with Crippen LogP contribution in [0.3, 0.4) is 0 Å². The van der Waals surface area contributed by atoms with Gasteiger partial charge in [-0.05, 0) is 32.1 Å². The van der Waals surface area contributed by atoms with Crippen LogP contribution in [0.2, 0.25) is 0 Å². The highest BCUT2D eigenvalue weighted by Gasteiger charge is 2.18. The van der Waals surface area contributed by atoms with Gasteiger partial charge in [-0.1, -0.05) is 0 Å². The van der Waals surface area contributed by atoms with Gasteiger partial charge in [0.2, 0.25) is 0 Å². The second-order valence-corrected chi connectivity index (χ2v) is 3.75. The second-order valence-electron chi connectivity index (χ2n) is 3.75. The minimum atomic E-state index is 0.416. The summed E-state index contributed by atoms with van der Waals surface area (Å²) in [5.74, 6) is 0. The molecule has 3 nitrogen and oxygen atoms in total. The third-order valence-electron chi connectivity index (χ3n) is 2.57. The van der Waals surface area contributed by atoms with Crippen LogP contribution in [0.5, 0.6) is 0 Å². The molecule has 0 atom stereocenters. The van der Waals surface area contributed by atoms with Gasteiger partial charge in [0.25, 0.3) is 0 Å². The maximum absolute atomic E-state index is 5.80. The molecule has 0 heterocycles. The van der Waals surface area contributed by atoms with Crippen LogP contribution in [-0.2, 0) is 9.47 Å². The standard InChI is InChI=1S/C10H21NO2/c1-12-7-2-8-13-10-5-3-9(11)4-6-10/h9-10H,2-8,11H2,1H3. The van der Waals surface area contributed by atoms with E-state index in [2.05, 4.69) is 0 Å². The quantitative estimate of drug-likeness (QED) is 0.660. The molecule has 78 valence electrons. The lowest BCUT2D eigenvalue weighted by Crippen LogP contribution is -2.30. The minimum absolute atomic E-state index is 0.416. The average molecular weight is 187 g/mol. The molecule has 1 aliphatic carbocycles. The van der Waals surface area contributed by atoms with Crippen LogP contribution >= 0.6 is 0 Å². The summed E-state index contributed by atoms with van der Waals surface area (Å²) in [6.45, 7) is 1.62. The van der Waals surface area contributed by atoms with Crippen LogP contribution in [0.1, 0.15) is 32.1 Å². The number of nitrogens with two attached hydrogens (primary N) is 1. The van der Waals surface area contributed by atoms with E-state index >= 15 is 0 Å². The molecule has 0 aromatic heterocycles. The van der Waals surface area contributed by atoms with E-state index in [-0.39, 0.29) is 0 Å². The molecule has 0 radical (unpaired) electrons. The first-order valence-corrected chi connectivity index (χ1v) is 5.19. The summed E-state index contributed by atoms with van der Waals surface area (Å²) in [5, 5.41) is 0. The lowest BCUT2D eigenvalue weighted by Gasteiger charge is -2.26. The molecule has 0 aromatic rings. The fraction of sp³-hybridized carbons (Fsp3) is 1.00. The molecule has 13 heavy (non-hydrogen) atoms. The Bertz CT molecular complexity index is 122. The molecular weight excluding hydrogens is 166 g/mol. The maximum Gasteiger partial charge on any atom is 0.0576 e. The van der Waals surface area contributed by atoms with E-state index < -0.39 is 0 Å². The fourth-order valence-corrected chi connectivity index (χ4v) is 1.71. The zero-order valence-corrected chi connectivity index (χ0v) is 8.50. The van der Waals surface area contributed by atoms with E-state index in [0.29, 0.717) is 12.1 Å². The summed E-state index contributed by atoms with van der Waals surface area (Å²) < 4.78 is 10.6. The molecule has 0 aromatic carbocycles. The van der Waals surface area contributed by atoms with E-state index in [1.54, 1.807) is 7.11 Å². The lowest BCUT2D eigenvalue weighted by molar-refractivity contribution is 0.0154. The van der Waals surface area contributed by atoms with Gasteiger partial charge in [-0.2, -0.15) is 0 Å². The molecular formula is C10H21NO2. The molecule has 1 rings (SSSR count). The average Bonchev–Trinajstić information content (AvgIpc) is 2.15. The Morgan fingerprint density at radius 2 is 1.85 bits per heavy atom. The molecule has 1 aliphatic rings. The van der Waals surface area contributed by atoms with E-state index in [9.17, 15) is 0 Å². The molecule has 0 saturated heterocycles. The van der Waals surface area contributed by atoms with Gasteiger partial charge in [-0.25, -0.2) is 0 Å². The fourth-order valence-electron chi connectivity index (χ4n) is 1.71. The smallest absolute Gasteiger partial charge is 0.0576 e. The molecule has 2 N–H and O–H groups in total. The van der Waals surface area contributed by atoms with E-state index in [1.807, 2.05) is 0 Å². The molecule has 0 spiro atoms. The zero-order chi connectivity index (χ0) is 9.52. The van der Waals surface area contributed by atoms with Crippen molar-refractivity contribution in [1.82, 2.24) is 0 Å². The summed E-state index contributed by atoms with van der Waals surface area (Å²) >= 11 is 0. The van der Waals surface area contributed by atoms with Gasteiger partial charge < -0.3 is 15.2 Å². The number of hydrogen-bond donors (Lipinski definition) is 1. The number of rotatable bonds is 5. The van der Waals surface area contributed by atoms with Crippen molar-refractivity contribution in [3.63, 3.8) is 0 Å². The van der Waals surface area contributed by atoms with Crippen LogP contribution in [0.25, 0.3) is 0 Å². The largest absolute Gasteiger partial charge is 0.385 e. The molecule has 0 aliphatic heterocycles. The SMILES string of the molecule is COCCCOC1CCC(N)CC1. The Kier molecular flexibility index (Phi) is 5.35. The van der Waals surface area contributed by atoms with Gasteiger partial charge in [0.05, 0.1) is 6.10 Å². The van der Waals surface area contributed by atoms with Crippen molar-refractivity contribution >= 4 is 0 Å². The van der Waals surface area contributed by atoms with Crippen molar-refractivity contribution in [2.75, 3.05) is 20.3 Å². The van der Waals surface area contributed by atoms with Crippen LogP contribution in [0.15, 0.2) is 0 Å². The number of hydrogen-bond acceptors (Lipinski definition) is 3. The highest BCUT2D eigenvalue weighted by molar-refractivity contribution is 4.74. The highest BCUT2D eigenvalue weighted by atomic mass is 16.5. The summed E-state index contributed by atoms with van der Waals surface area (Å²) in [6, 6.07) is 0.416. The van der Waals surface area contributed by atoms with Crippen LogP contribution in [0, 0.1) is 0 Å². The summed E-state index contributed by atoms with van der Waals surface area (Å²) in [5.41, 5.74) is 5.80. The highest BCUT2D eigenvalue weighted by Crippen LogP contribution is 2.19. The second kappa shape index (κ2) is 6.35. The zero-order valence-electron chi connectivity index (χ0n) is 8.50. The molecule has 3 heteroatoms. The maximum atomic E-state index is 5.80. The predicted molar refractivity (Wildman–Crippen MR) is 52.7 cm³/mol. The van der Waals surface area contributed by atoms with Crippen molar-refractivity contribution in [1.29, 1.82) is 0 Å². The third kappa shape index (κ3) is 4.60. The van der Waals surface area contributed by atoms with E-state index in [0.717, 1.165) is 45.3 Å². The molecule has 0 bridgehead atoms. The monoisotopic (exact) mass is 187 g/mol. The molecule has 0 unspecified atom stereocenters. The van der Waals surface area contributed by atoms with Crippen molar-refractivity contribution in [3.05, 3.63) is 0 Å². The van der Waals surface area contributed by atoms with E-state index in [4.69, 9.17) is 15.2 Å². The third-order valence-corrected chi connectivity index (χ3v) is 2.57. The first-order chi connectivity index (χ1) is 6.33. The van der Waals surface area contributed by atoms with E-state index in [1.165, 1.54) is 0 Å². The van der Waals surface area contributed by atoms with Crippen molar-refractivity contribution in [2.24, 2.45) is 5.73 Å². The number of ether oxygens (including phenoxy) is 2. The van der Waals surface area contributed by atoms with Crippen molar-refractivity contribution in [3.8, 4) is 0 Å². The normalized spacial score (nSPS) is 29.1. The van der Waals surface area contributed by atoms with Crippen molar-refractivity contribution < 1.29 is 9.47 Å². The predicted octanol–water partition coefficient (Wildman–Crippen LogP) is 1.31. The summed E-state index contributed by atoms with van der Waals surface area (Å²) in [7, 11) is 1.72. The van der Waals surface area contributed by atoms with Gasteiger partial charge in [0, 0.05) is 26.4 Å². The molecule has 1 fully saturated rings. The summed E-state index contributed by atoms with van der Waals surface area (Å²) in [4.78, 5) is 0. The van der Waals surface area contributed by atoms with Crippen LogP contribution in [0.4, 0.5) is 0 Å². The van der Waals surface area contributed by atoms with Crippen LogP contribution < -0.4 is 5.73 Å². The number of methoxy groups -OCH3 is 1. The first kappa shape index (κ1) is 11.0. The van der Waals surface area contributed by atoms with Gasteiger partial charge in [0.1, 0.15) is 0 Å². The van der Waals surface area contributed by atoms with Gasteiger partial charge >= 0.3 is 0 Å². The van der Waals surface area contributed by atoms with Crippen molar-refractivity contribution in [2.45, 2.75) is 44.2 Å². The Labute approximate surface area is 80.6 Å². The topological polar surface area (TPSA) is 44.5 Å². The Hall–Kier alpha value is -0.120. The minimum Gasteiger partial charge on any atom is -0.385 e. The Morgan fingerprint density at radius 1 is 1.15 bits per heavy atom. The lowest BCUT2D eigenvalue weighted by atomic mass is 9.94. The van der Waals surface area contributed by atoms with Crippen LogP contribution in [-0.4, -0.2) is 32.5 Å². The first-order valence-electron chi connectivity index (χ1n) is 5.19. The Morgan fingerprint density at radius 3 is 2.46 bits per heavy atom. The Balaban J connectivity index is 1.96. The van der Waals surface area contributed by atoms with Gasteiger partial charge in [-0.3, -0.25) is 0 Å². The van der Waals surface area contributed by atoms with Gasteiger partial charge in [-0.15, -0.1) is 0 Å². The molecule has 1 saturated carbocycles. The summed E-state index contributed by atoms with van der Waals surface area (Å²) in [6.07, 6.45) is 5.96.